The summed E-state index contributed by atoms with van der Waals surface area (Å²) >= 11 is 14.1. The first-order chi connectivity index (χ1) is 20.7. The van der Waals surface area contributed by atoms with E-state index in [-0.39, 0.29) is 24.3 Å². The van der Waals surface area contributed by atoms with Gasteiger partial charge in [0, 0.05) is 10.6 Å². The predicted molar refractivity (Wildman–Crippen MR) is 167 cm³/mol. The van der Waals surface area contributed by atoms with Gasteiger partial charge >= 0.3 is 5.97 Å². The Balaban J connectivity index is 1.68. The standard InChI is InChI=1S/C32H28Cl2N2O6S/c1-5-41-31(38)27-18(2)35-32-36(28(27)20-11-12-24(39-3)25(14-20)40-4)30(37)26(43-32)15-21-13-22(33)16-23(34)29(21)42-17-19-9-7-6-8-10-19/h6-16,28H,5,17H2,1-4H3/b26-15-/t28-/m1/s1. The zero-order valence-corrected chi connectivity index (χ0v) is 26.2. The first kappa shape index (κ1) is 30.4. The SMILES string of the molecule is CCOC(=O)C1=C(C)N=c2s/c(=C\c3cc(Cl)cc(Cl)c3OCc3ccccc3)c(=O)n2[C@@H]1c1ccc(OC)c(OC)c1. The Morgan fingerprint density at radius 3 is 2.49 bits per heavy atom. The normalized spacial score (nSPS) is 14.7. The number of benzene rings is 3. The second-order valence-electron chi connectivity index (χ2n) is 9.50. The van der Waals surface area contributed by atoms with Crippen molar-refractivity contribution < 1.29 is 23.7 Å². The predicted octanol–water partition coefficient (Wildman–Crippen LogP) is 5.70. The van der Waals surface area contributed by atoms with E-state index in [1.54, 1.807) is 50.3 Å². The van der Waals surface area contributed by atoms with E-state index in [0.717, 1.165) is 5.56 Å². The number of carbonyl (C=O) groups is 1. The summed E-state index contributed by atoms with van der Waals surface area (Å²) in [5, 5.41) is 0.700. The summed E-state index contributed by atoms with van der Waals surface area (Å²) in [6.07, 6.45) is 1.68. The molecule has 11 heteroatoms. The number of methoxy groups -OCH3 is 2. The van der Waals surface area contributed by atoms with Crippen molar-refractivity contribution in [3.63, 3.8) is 0 Å². The van der Waals surface area contributed by atoms with E-state index in [4.69, 9.17) is 42.1 Å². The molecule has 2 heterocycles. The number of nitrogens with zero attached hydrogens (tertiary/aromatic N) is 2. The summed E-state index contributed by atoms with van der Waals surface area (Å²) < 4.78 is 24.3. The van der Waals surface area contributed by atoms with Gasteiger partial charge in [0.1, 0.15) is 12.4 Å². The van der Waals surface area contributed by atoms with E-state index in [1.807, 2.05) is 30.3 Å². The molecule has 222 valence electrons. The van der Waals surface area contributed by atoms with Gasteiger partial charge in [0.15, 0.2) is 16.3 Å². The number of aromatic nitrogens is 1. The number of allylic oxidation sites excluding steroid dienone is 1. The van der Waals surface area contributed by atoms with Crippen LogP contribution < -0.4 is 29.1 Å². The average molecular weight is 640 g/mol. The van der Waals surface area contributed by atoms with Crippen molar-refractivity contribution in [3.05, 3.63) is 118 Å². The van der Waals surface area contributed by atoms with E-state index < -0.39 is 12.0 Å². The van der Waals surface area contributed by atoms with Gasteiger partial charge in [0.2, 0.25) is 0 Å². The summed E-state index contributed by atoms with van der Waals surface area (Å²) in [6, 6.07) is 17.4. The average Bonchev–Trinajstić information content (AvgIpc) is 3.29. The van der Waals surface area contributed by atoms with Gasteiger partial charge in [-0.25, -0.2) is 9.79 Å². The Hall–Kier alpha value is -4.05. The largest absolute Gasteiger partial charge is 0.493 e. The highest BCUT2D eigenvalue weighted by molar-refractivity contribution is 7.07. The number of ether oxygens (including phenoxy) is 4. The minimum Gasteiger partial charge on any atom is -0.493 e. The lowest BCUT2D eigenvalue weighted by Crippen LogP contribution is -2.40. The van der Waals surface area contributed by atoms with Crippen LogP contribution >= 0.6 is 34.5 Å². The fourth-order valence-electron chi connectivity index (χ4n) is 4.84. The fraction of sp³-hybridized carbons (Fsp3) is 0.219. The van der Waals surface area contributed by atoms with Crippen LogP contribution in [0.5, 0.6) is 17.2 Å². The Labute approximate surface area is 262 Å². The Morgan fingerprint density at radius 2 is 1.79 bits per heavy atom. The van der Waals surface area contributed by atoms with Crippen LogP contribution in [0.3, 0.4) is 0 Å². The van der Waals surface area contributed by atoms with Crippen molar-refractivity contribution in [2.75, 3.05) is 20.8 Å². The molecule has 4 aromatic rings. The molecule has 0 saturated heterocycles. The minimum atomic E-state index is -0.825. The summed E-state index contributed by atoms with van der Waals surface area (Å²) in [5.41, 5.74) is 2.45. The van der Waals surface area contributed by atoms with Gasteiger partial charge < -0.3 is 18.9 Å². The van der Waals surface area contributed by atoms with Crippen LogP contribution in [0.25, 0.3) is 6.08 Å². The van der Waals surface area contributed by atoms with Crippen LogP contribution in [0.15, 0.2) is 81.7 Å². The van der Waals surface area contributed by atoms with Crippen molar-refractivity contribution in [2.45, 2.75) is 26.5 Å². The van der Waals surface area contributed by atoms with E-state index in [2.05, 4.69) is 4.99 Å². The number of rotatable bonds is 9. The molecule has 0 amide bonds. The van der Waals surface area contributed by atoms with Crippen LogP contribution in [0, 0.1) is 0 Å². The monoisotopic (exact) mass is 638 g/mol. The molecule has 0 bridgehead atoms. The zero-order valence-electron chi connectivity index (χ0n) is 23.9. The van der Waals surface area contributed by atoms with Crippen molar-refractivity contribution >= 4 is 46.6 Å². The third kappa shape index (κ3) is 6.20. The molecule has 43 heavy (non-hydrogen) atoms. The van der Waals surface area contributed by atoms with Gasteiger partial charge in [-0.15, -0.1) is 0 Å². The number of hydrogen-bond donors (Lipinski definition) is 0. The molecule has 0 unspecified atom stereocenters. The number of thiazole rings is 1. The van der Waals surface area contributed by atoms with Crippen molar-refractivity contribution in [2.24, 2.45) is 4.99 Å². The molecule has 0 N–H and O–H groups in total. The van der Waals surface area contributed by atoms with Gasteiger partial charge in [-0.2, -0.15) is 0 Å². The first-order valence-electron chi connectivity index (χ1n) is 13.3. The van der Waals surface area contributed by atoms with E-state index in [0.29, 0.717) is 53.5 Å². The lowest BCUT2D eigenvalue weighted by Gasteiger charge is -2.25. The summed E-state index contributed by atoms with van der Waals surface area (Å²) in [6.45, 7) is 3.89. The molecule has 0 aliphatic carbocycles. The fourth-order valence-corrected chi connectivity index (χ4v) is 6.44. The Kier molecular flexibility index (Phi) is 9.25. The summed E-state index contributed by atoms with van der Waals surface area (Å²) in [7, 11) is 3.06. The molecule has 3 aromatic carbocycles. The van der Waals surface area contributed by atoms with Crippen LogP contribution in [0.4, 0.5) is 0 Å². The lowest BCUT2D eigenvalue weighted by atomic mass is 9.95. The quantitative estimate of drug-likeness (QED) is 0.219. The maximum absolute atomic E-state index is 14.1. The van der Waals surface area contributed by atoms with Crippen molar-refractivity contribution in [1.82, 2.24) is 4.57 Å². The molecule has 0 spiro atoms. The van der Waals surface area contributed by atoms with Gasteiger partial charge in [-0.1, -0.05) is 70.9 Å². The molecule has 0 radical (unpaired) electrons. The van der Waals surface area contributed by atoms with Crippen LogP contribution in [-0.4, -0.2) is 31.4 Å². The molecule has 1 aliphatic heterocycles. The Morgan fingerprint density at radius 1 is 1.05 bits per heavy atom. The summed E-state index contributed by atoms with van der Waals surface area (Å²) in [4.78, 5) is 32.4. The van der Waals surface area contributed by atoms with Gasteiger partial charge in [0.05, 0.1) is 47.7 Å². The molecular formula is C32H28Cl2N2O6S. The van der Waals surface area contributed by atoms with Crippen LogP contribution in [-0.2, 0) is 16.1 Å². The molecule has 0 fully saturated rings. The third-order valence-electron chi connectivity index (χ3n) is 6.79. The third-order valence-corrected chi connectivity index (χ3v) is 8.27. The van der Waals surface area contributed by atoms with Crippen molar-refractivity contribution in [1.29, 1.82) is 0 Å². The lowest BCUT2D eigenvalue weighted by molar-refractivity contribution is -0.139. The molecular weight excluding hydrogens is 611 g/mol. The molecule has 5 rings (SSSR count). The number of fused-ring (bicyclic) bond motifs is 1. The number of esters is 1. The smallest absolute Gasteiger partial charge is 0.338 e. The first-order valence-corrected chi connectivity index (χ1v) is 14.9. The van der Waals surface area contributed by atoms with Crippen LogP contribution in [0.2, 0.25) is 10.0 Å². The molecule has 1 aliphatic rings. The van der Waals surface area contributed by atoms with E-state index in [1.165, 1.54) is 30.1 Å². The van der Waals surface area contributed by atoms with Crippen molar-refractivity contribution in [3.8, 4) is 17.2 Å². The topological polar surface area (TPSA) is 88.4 Å². The Bertz CT molecular complexity index is 1900. The maximum Gasteiger partial charge on any atom is 0.338 e. The molecule has 0 saturated carbocycles. The van der Waals surface area contributed by atoms with E-state index in [9.17, 15) is 9.59 Å². The molecule has 1 atom stereocenters. The van der Waals surface area contributed by atoms with Crippen LogP contribution in [0.1, 0.15) is 36.6 Å². The highest BCUT2D eigenvalue weighted by atomic mass is 35.5. The zero-order chi connectivity index (χ0) is 30.7. The molecule has 8 nitrogen and oxygen atoms in total. The highest BCUT2D eigenvalue weighted by Gasteiger charge is 2.34. The number of hydrogen-bond acceptors (Lipinski definition) is 8. The van der Waals surface area contributed by atoms with Gasteiger partial charge in [-0.05, 0) is 55.3 Å². The second kappa shape index (κ2) is 13.1. The number of carbonyl (C=O) groups excluding carboxylic acids is 1. The molecule has 1 aromatic heterocycles. The summed E-state index contributed by atoms with van der Waals surface area (Å²) in [5.74, 6) is 0.795. The minimum absolute atomic E-state index is 0.167. The van der Waals surface area contributed by atoms with E-state index >= 15 is 0 Å². The highest BCUT2D eigenvalue weighted by Crippen LogP contribution is 2.37. The number of halogens is 2. The van der Waals surface area contributed by atoms with Gasteiger partial charge in [0.25, 0.3) is 5.56 Å². The van der Waals surface area contributed by atoms with Gasteiger partial charge in [-0.3, -0.25) is 9.36 Å². The second-order valence-corrected chi connectivity index (χ2v) is 11.3. The maximum atomic E-state index is 14.1.